The first-order chi connectivity index (χ1) is 8.67. The van der Waals surface area contributed by atoms with Gasteiger partial charge in [-0.05, 0) is 37.4 Å². The number of nitrogens with one attached hydrogen (secondary N) is 1. The van der Waals surface area contributed by atoms with Crippen LogP contribution in [0.3, 0.4) is 0 Å². The van der Waals surface area contributed by atoms with Crippen molar-refractivity contribution < 1.29 is 13.9 Å². The highest BCUT2D eigenvalue weighted by atomic mass is 35.5. The molecule has 0 aromatic heterocycles. The highest BCUT2D eigenvalue weighted by Crippen LogP contribution is 2.39. The van der Waals surface area contributed by atoms with Crippen molar-refractivity contribution in [3.63, 3.8) is 0 Å². The van der Waals surface area contributed by atoms with Gasteiger partial charge in [-0.15, -0.1) is 0 Å². The van der Waals surface area contributed by atoms with Gasteiger partial charge in [0.25, 0.3) is 0 Å². The van der Waals surface area contributed by atoms with E-state index in [9.17, 15) is 4.39 Å². The quantitative estimate of drug-likeness (QED) is 0.915. The topological polar surface area (TPSA) is 30.5 Å². The fourth-order valence-corrected chi connectivity index (χ4v) is 2.61. The Hall–Kier alpha value is -1.00. The van der Waals surface area contributed by atoms with E-state index >= 15 is 0 Å². The predicted molar refractivity (Wildman–Crippen MR) is 69.2 cm³/mol. The van der Waals surface area contributed by atoms with Crippen LogP contribution >= 0.6 is 11.6 Å². The molecule has 1 aliphatic rings. The number of benzene rings is 1. The van der Waals surface area contributed by atoms with E-state index < -0.39 is 5.82 Å². The third-order valence-corrected chi connectivity index (χ3v) is 3.59. The summed E-state index contributed by atoms with van der Waals surface area (Å²) >= 11 is 5.97. The van der Waals surface area contributed by atoms with Gasteiger partial charge in [-0.3, -0.25) is 0 Å². The minimum atomic E-state index is -0.414. The molecule has 2 rings (SSSR count). The molecule has 0 spiro atoms. The van der Waals surface area contributed by atoms with Gasteiger partial charge in [0.2, 0.25) is 0 Å². The van der Waals surface area contributed by atoms with Crippen LogP contribution in [0.4, 0.5) is 4.39 Å². The predicted octanol–water partition coefficient (Wildman–Crippen LogP) is 2.79. The van der Waals surface area contributed by atoms with Crippen LogP contribution in [0.1, 0.15) is 18.4 Å². The molecule has 5 heteroatoms. The van der Waals surface area contributed by atoms with E-state index in [1.807, 2.05) is 0 Å². The van der Waals surface area contributed by atoms with Gasteiger partial charge in [-0.25, -0.2) is 4.39 Å². The normalized spacial score (nSPS) is 19.0. The van der Waals surface area contributed by atoms with Crippen LogP contribution in [0, 0.1) is 5.82 Å². The van der Waals surface area contributed by atoms with Gasteiger partial charge in [-0.1, -0.05) is 11.6 Å². The Kier molecular flexibility index (Phi) is 4.30. The fraction of sp³-hybridized carbons (Fsp3) is 0.538. The second-order valence-corrected chi connectivity index (χ2v) is 4.77. The Morgan fingerprint density at radius 1 is 1.44 bits per heavy atom. The lowest BCUT2D eigenvalue weighted by atomic mass is 10.0. The molecule has 3 nitrogen and oxygen atoms in total. The van der Waals surface area contributed by atoms with Crippen LogP contribution in [0.15, 0.2) is 6.07 Å². The molecule has 1 aromatic rings. The van der Waals surface area contributed by atoms with Crippen LogP contribution in [-0.4, -0.2) is 26.8 Å². The number of hydrogen-bond acceptors (Lipinski definition) is 3. The summed E-state index contributed by atoms with van der Waals surface area (Å²) in [5.41, 5.74) is 0.567. The Balaban J connectivity index is 2.32. The lowest BCUT2D eigenvalue weighted by molar-refractivity contribution is 0.351. The first-order valence-electron chi connectivity index (χ1n) is 5.99. The van der Waals surface area contributed by atoms with E-state index in [-0.39, 0.29) is 10.8 Å². The lowest BCUT2D eigenvalue weighted by Gasteiger charge is -2.15. The molecule has 18 heavy (non-hydrogen) atoms. The fourth-order valence-electron chi connectivity index (χ4n) is 2.32. The monoisotopic (exact) mass is 273 g/mol. The van der Waals surface area contributed by atoms with Crippen molar-refractivity contribution in [3.8, 4) is 11.5 Å². The third kappa shape index (κ3) is 2.54. The van der Waals surface area contributed by atoms with E-state index in [1.54, 1.807) is 6.07 Å². The maximum Gasteiger partial charge on any atom is 0.182 e. The number of ether oxygens (including phenoxy) is 2. The van der Waals surface area contributed by atoms with Gasteiger partial charge in [-0.2, -0.15) is 0 Å². The Labute approximate surface area is 111 Å². The SMILES string of the molecule is COc1cc(CC2CCCN2)c(F)c(Cl)c1OC. The highest BCUT2D eigenvalue weighted by Gasteiger charge is 2.22. The molecule has 1 heterocycles. The van der Waals surface area contributed by atoms with Crippen LogP contribution in [0.5, 0.6) is 11.5 Å². The summed E-state index contributed by atoms with van der Waals surface area (Å²) in [6.07, 6.45) is 2.81. The molecule has 1 unspecified atom stereocenters. The molecule has 100 valence electrons. The van der Waals surface area contributed by atoms with Gasteiger partial charge < -0.3 is 14.8 Å². The van der Waals surface area contributed by atoms with E-state index in [0.717, 1.165) is 19.4 Å². The molecular weight excluding hydrogens is 257 g/mol. The minimum Gasteiger partial charge on any atom is -0.493 e. The Morgan fingerprint density at radius 3 is 2.78 bits per heavy atom. The molecule has 0 amide bonds. The molecular formula is C13H17ClFNO2. The van der Waals surface area contributed by atoms with Crippen molar-refractivity contribution in [2.24, 2.45) is 0 Å². The zero-order valence-corrected chi connectivity index (χ0v) is 11.3. The average molecular weight is 274 g/mol. The van der Waals surface area contributed by atoms with Gasteiger partial charge >= 0.3 is 0 Å². The maximum absolute atomic E-state index is 14.1. The standard InChI is InChI=1S/C13H17ClFNO2/c1-17-10-7-8(6-9-4-3-5-16-9)12(15)11(14)13(10)18-2/h7,9,16H,3-6H2,1-2H3. The molecule has 0 aliphatic carbocycles. The smallest absolute Gasteiger partial charge is 0.182 e. The minimum absolute atomic E-state index is 0.00940. The van der Waals surface area contributed by atoms with Crippen molar-refractivity contribution in [3.05, 3.63) is 22.5 Å². The van der Waals surface area contributed by atoms with Gasteiger partial charge in [0.05, 0.1) is 14.2 Å². The third-order valence-electron chi connectivity index (χ3n) is 3.26. The second kappa shape index (κ2) is 5.76. The summed E-state index contributed by atoms with van der Waals surface area (Å²) < 4.78 is 24.4. The van der Waals surface area contributed by atoms with Crippen LogP contribution in [0.25, 0.3) is 0 Å². The van der Waals surface area contributed by atoms with Crippen LogP contribution in [-0.2, 0) is 6.42 Å². The number of rotatable bonds is 4. The van der Waals surface area contributed by atoms with Crippen molar-refractivity contribution >= 4 is 11.6 Å². The Morgan fingerprint density at radius 2 is 2.22 bits per heavy atom. The van der Waals surface area contributed by atoms with Gasteiger partial charge in [0.1, 0.15) is 10.8 Å². The van der Waals surface area contributed by atoms with Crippen molar-refractivity contribution in [2.45, 2.75) is 25.3 Å². The number of hydrogen-bond donors (Lipinski definition) is 1. The maximum atomic E-state index is 14.1. The van der Waals surface area contributed by atoms with E-state index in [4.69, 9.17) is 21.1 Å². The molecule has 1 N–H and O–H groups in total. The van der Waals surface area contributed by atoms with E-state index in [2.05, 4.69) is 5.32 Å². The van der Waals surface area contributed by atoms with Gasteiger partial charge in [0.15, 0.2) is 11.5 Å². The Bertz CT molecular complexity index is 433. The summed E-state index contributed by atoms with van der Waals surface area (Å²) in [4.78, 5) is 0. The zero-order valence-electron chi connectivity index (χ0n) is 10.6. The summed E-state index contributed by atoms with van der Waals surface area (Å²) in [6, 6.07) is 1.98. The molecule has 1 atom stereocenters. The van der Waals surface area contributed by atoms with Crippen molar-refractivity contribution in [2.75, 3.05) is 20.8 Å². The molecule has 0 saturated carbocycles. The van der Waals surface area contributed by atoms with Gasteiger partial charge in [0, 0.05) is 6.04 Å². The highest BCUT2D eigenvalue weighted by molar-refractivity contribution is 6.32. The molecule has 1 aliphatic heterocycles. The largest absolute Gasteiger partial charge is 0.493 e. The first-order valence-corrected chi connectivity index (χ1v) is 6.37. The van der Waals surface area contributed by atoms with Crippen molar-refractivity contribution in [1.82, 2.24) is 5.32 Å². The van der Waals surface area contributed by atoms with Crippen LogP contribution in [0.2, 0.25) is 5.02 Å². The lowest BCUT2D eigenvalue weighted by Crippen LogP contribution is -2.24. The molecule has 1 saturated heterocycles. The first kappa shape index (κ1) is 13.4. The molecule has 0 bridgehead atoms. The summed E-state index contributed by atoms with van der Waals surface area (Å²) in [5.74, 6) is 0.305. The second-order valence-electron chi connectivity index (χ2n) is 4.40. The zero-order chi connectivity index (χ0) is 13.1. The number of halogens is 2. The van der Waals surface area contributed by atoms with Crippen molar-refractivity contribution in [1.29, 1.82) is 0 Å². The molecule has 1 aromatic carbocycles. The summed E-state index contributed by atoms with van der Waals surface area (Å²) in [5, 5.41) is 3.33. The molecule has 0 radical (unpaired) electrons. The summed E-state index contributed by atoms with van der Waals surface area (Å²) in [6.45, 7) is 0.993. The summed E-state index contributed by atoms with van der Waals surface area (Å²) in [7, 11) is 2.96. The average Bonchev–Trinajstić information content (AvgIpc) is 2.87. The molecule has 1 fully saturated rings. The van der Waals surface area contributed by atoms with E-state index in [1.165, 1.54) is 14.2 Å². The number of methoxy groups -OCH3 is 2. The van der Waals surface area contributed by atoms with Crippen LogP contribution < -0.4 is 14.8 Å². The van der Waals surface area contributed by atoms with E-state index in [0.29, 0.717) is 23.8 Å².